The summed E-state index contributed by atoms with van der Waals surface area (Å²) in [5, 5.41) is 11.2. The normalized spacial score (nSPS) is 21.1. The van der Waals surface area contributed by atoms with Gasteiger partial charge in [0, 0.05) is 13.1 Å². The number of carboxylic acid groups (broad SMARTS) is 1. The number of imide groups is 1. The predicted octanol–water partition coefficient (Wildman–Crippen LogP) is -0.802. The third-order valence-corrected chi connectivity index (χ3v) is 2.29. The predicted molar refractivity (Wildman–Crippen MR) is 51.1 cm³/mol. The molecule has 6 nitrogen and oxygen atoms in total. The largest absolute Gasteiger partial charge is 0.481 e. The van der Waals surface area contributed by atoms with Crippen LogP contribution < -0.4 is 5.32 Å². The number of carbonyl (C=O) groups is 3. The van der Waals surface area contributed by atoms with E-state index < -0.39 is 12.0 Å². The van der Waals surface area contributed by atoms with E-state index in [1.54, 1.807) is 6.92 Å². The van der Waals surface area contributed by atoms with E-state index in [4.69, 9.17) is 5.11 Å². The Hall–Kier alpha value is -1.43. The molecule has 1 unspecified atom stereocenters. The molecule has 0 radical (unpaired) electrons. The van der Waals surface area contributed by atoms with Gasteiger partial charge in [0.15, 0.2) is 0 Å². The molecule has 1 atom stereocenters. The second kappa shape index (κ2) is 4.88. The van der Waals surface area contributed by atoms with Gasteiger partial charge in [-0.2, -0.15) is 0 Å². The molecular weight excluding hydrogens is 200 g/mol. The van der Waals surface area contributed by atoms with Crippen molar-refractivity contribution >= 4 is 17.8 Å². The van der Waals surface area contributed by atoms with Gasteiger partial charge in [-0.25, -0.2) is 0 Å². The number of likely N-dealkylation sites (N-methyl/N-ethyl adjacent to an activating group) is 1. The van der Waals surface area contributed by atoms with Crippen LogP contribution in [-0.4, -0.2) is 46.9 Å². The standard InChI is InChI=1S/C9H14N2O4/c1-2-11-7(12)5-6(9(11)15)10-4-3-8(13)14/h6,10H,2-5H2,1H3,(H,13,14). The van der Waals surface area contributed by atoms with E-state index in [0.29, 0.717) is 6.54 Å². The van der Waals surface area contributed by atoms with E-state index >= 15 is 0 Å². The van der Waals surface area contributed by atoms with E-state index in [1.807, 2.05) is 0 Å². The van der Waals surface area contributed by atoms with Crippen LogP contribution in [0.2, 0.25) is 0 Å². The average Bonchev–Trinajstić information content (AvgIpc) is 2.41. The van der Waals surface area contributed by atoms with Gasteiger partial charge in [-0.1, -0.05) is 0 Å². The molecule has 0 bridgehead atoms. The minimum Gasteiger partial charge on any atom is -0.481 e. The number of amides is 2. The first-order valence-corrected chi connectivity index (χ1v) is 4.85. The molecule has 0 saturated carbocycles. The Bertz CT molecular complexity index is 290. The van der Waals surface area contributed by atoms with E-state index in [1.165, 1.54) is 4.90 Å². The fourth-order valence-electron chi connectivity index (χ4n) is 1.53. The molecule has 1 aliphatic heterocycles. The van der Waals surface area contributed by atoms with Gasteiger partial charge in [-0.3, -0.25) is 19.3 Å². The third-order valence-electron chi connectivity index (χ3n) is 2.29. The van der Waals surface area contributed by atoms with Gasteiger partial charge in [-0.15, -0.1) is 0 Å². The van der Waals surface area contributed by atoms with Crippen molar-refractivity contribution in [3.05, 3.63) is 0 Å². The second-order valence-electron chi connectivity index (χ2n) is 3.33. The van der Waals surface area contributed by atoms with Gasteiger partial charge in [-0.05, 0) is 6.92 Å². The molecule has 2 N–H and O–H groups in total. The number of hydrogen-bond acceptors (Lipinski definition) is 4. The maximum Gasteiger partial charge on any atom is 0.304 e. The number of hydrogen-bond donors (Lipinski definition) is 2. The molecule has 84 valence electrons. The molecular formula is C9H14N2O4. The lowest BCUT2D eigenvalue weighted by Gasteiger charge is -2.12. The lowest BCUT2D eigenvalue weighted by Crippen LogP contribution is -2.39. The van der Waals surface area contributed by atoms with Crippen molar-refractivity contribution < 1.29 is 19.5 Å². The molecule has 1 aliphatic rings. The van der Waals surface area contributed by atoms with Gasteiger partial charge in [0.25, 0.3) is 0 Å². The molecule has 0 aromatic heterocycles. The first-order chi connectivity index (χ1) is 7.06. The highest BCUT2D eigenvalue weighted by Crippen LogP contribution is 2.12. The summed E-state index contributed by atoms with van der Waals surface area (Å²) >= 11 is 0. The van der Waals surface area contributed by atoms with Crippen molar-refractivity contribution in [1.29, 1.82) is 0 Å². The van der Waals surface area contributed by atoms with Crippen LogP contribution in [0, 0.1) is 0 Å². The van der Waals surface area contributed by atoms with Gasteiger partial charge >= 0.3 is 5.97 Å². The van der Waals surface area contributed by atoms with Gasteiger partial charge < -0.3 is 10.4 Å². The quantitative estimate of drug-likeness (QED) is 0.585. The summed E-state index contributed by atoms with van der Waals surface area (Å²) in [4.78, 5) is 34.2. The summed E-state index contributed by atoms with van der Waals surface area (Å²) in [5.41, 5.74) is 0. The minimum atomic E-state index is -0.924. The van der Waals surface area contributed by atoms with Gasteiger partial charge in [0.2, 0.25) is 11.8 Å². The van der Waals surface area contributed by atoms with E-state index in [-0.39, 0.29) is 31.2 Å². The summed E-state index contributed by atoms with van der Waals surface area (Å²) < 4.78 is 0. The smallest absolute Gasteiger partial charge is 0.304 e. The monoisotopic (exact) mass is 214 g/mol. The highest BCUT2D eigenvalue weighted by atomic mass is 16.4. The third kappa shape index (κ3) is 2.76. The van der Waals surface area contributed by atoms with Crippen molar-refractivity contribution in [1.82, 2.24) is 10.2 Å². The number of likely N-dealkylation sites (tertiary alicyclic amines) is 1. The average molecular weight is 214 g/mol. The topological polar surface area (TPSA) is 86.7 Å². The van der Waals surface area contributed by atoms with Crippen LogP contribution >= 0.6 is 0 Å². The zero-order valence-electron chi connectivity index (χ0n) is 8.52. The van der Waals surface area contributed by atoms with Crippen molar-refractivity contribution in [2.75, 3.05) is 13.1 Å². The molecule has 0 aromatic rings. The number of carbonyl (C=O) groups excluding carboxylic acids is 2. The molecule has 1 saturated heterocycles. The molecule has 2 amide bonds. The summed E-state index contributed by atoms with van der Waals surface area (Å²) in [7, 11) is 0. The highest BCUT2D eigenvalue weighted by molar-refractivity contribution is 6.05. The van der Waals surface area contributed by atoms with Crippen LogP contribution in [0.5, 0.6) is 0 Å². The van der Waals surface area contributed by atoms with E-state index in [2.05, 4.69) is 5.32 Å². The maximum atomic E-state index is 11.5. The number of rotatable bonds is 5. The molecule has 1 fully saturated rings. The summed E-state index contributed by atoms with van der Waals surface area (Å²) in [6.45, 7) is 2.31. The lowest BCUT2D eigenvalue weighted by molar-refractivity contribution is -0.139. The highest BCUT2D eigenvalue weighted by Gasteiger charge is 2.36. The molecule has 0 aromatic carbocycles. The fourth-order valence-corrected chi connectivity index (χ4v) is 1.53. The Morgan fingerprint density at radius 2 is 2.27 bits per heavy atom. The van der Waals surface area contributed by atoms with Crippen LogP contribution in [0.15, 0.2) is 0 Å². The zero-order valence-corrected chi connectivity index (χ0v) is 8.52. The molecule has 6 heteroatoms. The molecule has 1 rings (SSSR count). The molecule has 1 heterocycles. The number of nitrogens with one attached hydrogen (secondary N) is 1. The Morgan fingerprint density at radius 3 is 2.73 bits per heavy atom. The number of nitrogens with zero attached hydrogens (tertiary/aromatic N) is 1. The van der Waals surface area contributed by atoms with Crippen LogP contribution in [0.4, 0.5) is 0 Å². The Morgan fingerprint density at radius 1 is 1.60 bits per heavy atom. The number of aliphatic carboxylic acids is 1. The lowest BCUT2D eigenvalue weighted by atomic mass is 10.2. The van der Waals surface area contributed by atoms with Crippen molar-refractivity contribution in [3.63, 3.8) is 0 Å². The van der Waals surface area contributed by atoms with E-state index in [9.17, 15) is 14.4 Å². The van der Waals surface area contributed by atoms with Crippen LogP contribution in [0.3, 0.4) is 0 Å². The number of carboxylic acids is 1. The molecule has 15 heavy (non-hydrogen) atoms. The van der Waals surface area contributed by atoms with Crippen molar-refractivity contribution in [3.8, 4) is 0 Å². The van der Waals surface area contributed by atoms with Crippen LogP contribution in [0.1, 0.15) is 19.8 Å². The molecule has 0 aliphatic carbocycles. The Kier molecular flexibility index (Phi) is 3.79. The second-order valence-corrected chi connectivity index (χ2v) is 3.33. The van der Waals surface area contributed by atoms with Crippen LogP contribution in [-0.2, 0) is 14.4 Å². The first-order valence-electron chi connectivity index (χ1n) is 4.85. The van der Waals surface area contributed by atoms with Gasteiger partial charge in [0.1, 0.15) is 0 Å². The maximum absolute atomic E-state index is 11.5. The van der Waals surface area contributed by atoms with Crippen molar-refractivity contribution in [2.24, 2.45) is 0 Å². The van der Waals surface area contributed by atoms with Crippen LogP contribution in [0.25, 0.3) is 0 Å². The van der Waals surface area contributed by atoms with E-state index in [0.717, 1.165) is 0 Å². The Labute approximate surface area is 87.2 Å². The summed E-state index contributed by atoms with van der Waals surface area (Å²) in [6.07, 6.45) is 0.0797. The Balaban J connectivity index is 2.41. The first kappa shape index (κ1) is 11.6. The summed E-state index contributed by atoms with van der Waals surface area (Å²) in [5.74, 6) is -1.38. The van der Waals surface area contributed by atoms with Gasteiger partial charge in [0.05, 0.1) is 18.9 Å². The SMILES string of the molecule is CCN1C(=O)CC(NCCC(=O)O)C1=O. The zero-order chi connectivity index (χ0) is 11.4. The van der Waals surface area contributed by atoms with Crippen molar-refractivity contribution in [2.45, 2.75) is 25.8 Å². The summed E-state index contributed by atoms with van der Waals surface area (Å²) in [6, 6.07) is -0.545. The molecule has 0 spiro atoms. The fraction of sp³-hybridized carbons (Fsp3) is 0.667. The minimum absolute atomic E-state index is 0.0515.